The van der Waals surface area contributed by atoms with E-state index in [4.69, 9.17) is 9.97 Å². The Labute approximate surface area is 387 Å². The van der Waals surface area contributed by atoms with Gasteiger partial charge in [-0.2, -0.15) is 0 Å². The molecular weight excluding hydrogens is 813 g/mol. The Balaban J connectivity index is 0.950. The van der Waals surface area contributed by atoms with E-state index in [2.05, 4.69) is 241 Å². The number of hydrogen-bond acceptors (Lipinski definition) is 2. The average Bonchev–Trinajstić information content (AvgIpc) is 3.90. The van der Waals surface area contributed by atoms with E-state index in [0.717, 1.165) is 38.8 Å². The third kappa shape index (κ3) is 5.54. The van der Waals surface area contributed by atoms with Crippen molar-refractivity contribution in [3.63, 3.8) is 0 Å². The van der Waals surface area contributed by atoms with Crippen molar-refractivity contribution in [2.24, 2.45) is 0 Å². The third-order valence-electron chi connectivity index (χ3n) is 14.5. The van der Waals surface area contributed by atoms with Gasteiger partial charge in [0.25, 0.3) is 0 Å². The van der Waals surface area contributed by atoms with Gasteiger partial charge < -0.3 is 4.57 Å². The molecule has 13 aromatic rings. The molecule has 0 unspecified atom stereocenters. The lowest BCUT2D eigenvalue weighted by Crippen LogP contribution is -2.24. The zero-order chi connectivity index (χ0) is 44.4. The van der Waals surface area contributed by atoms with Gasteiger partial charge in [0.2, 0.25) is 5.95 Å². The summed E-state index contributed by atoms with van der Waals surface area (Å²) in [5.41, 5.74) is 18.2. The molecule has 0 amide bonds. The fourth-order valence-corrected chi connectivity index (χ4v) is 11.3. The molecule has 0 N–H and O–H groups in total. The maximum Gasteiger partial charge on any atom is 0.235 e. The summed E-state index contributed by atoms with van der Waals surface area (Å²) in [6.07, 6.45) is 0. The minimum absolute atomic E-state index is 0.235. The van der Waals surface area contributed by atoms with Gasteiger partial charge in [-0.05, 0) is 104 Å². The zero-order valence-corrected chi connectivity index (χ0v) is 37.1. The van der Waals surface area contributed by atoms with Crippen LogP contribution < -0.4 is 0 Å². The van der Waals surface area contributed by atoms with Gasteiger partial charge in [-0.25, -0.2) is 9.97 Å². The Kier molecular flexibility index (Phi) is 8.00. The van der Waals surface area contributed by atoms with E-state index in [1.165, 1.54) is 88.0 Å². The van der Waals surface area contributed by atoms with Gasteiger partial charge in [-0.15, -0.1) is 0 Å². The average molecular weight is 855 g/mol. The van der Waals surface area contributed by atoms with Crippen LogP contribution in [0.2, 0.25) is 0 Å². The topological polar surface area (TPSA) is 35.6 Å². The number of para-hydroxylation sites is 2. The van der Waals surface area contributed by atoms with Crippen LogP contribution in [0.25, 0.3) is 122 Å². The Morgan fingerprint density at radius 2 is 0.896 bits per heavy atom. The molecule has 0 saturated carbocycles. The largest absolute Gasteiger partial charge is 0.309 e. The Bertz CT molecular complexity index is 4170. The van der Waals surface area contributed by atoms with Crippen molar-refractivity contribution in [3.05, 3.63) is 230 Å². The fraction of sp³-hybridized carbons (Fsp3) is 0.0476. The summed E-state index contributed by atoms with van der Waals surface area (Å²) in [6.45, 7) is 4.66. The van der Waals surface area contributed by atoms with Gasteiger partial charge >= 0.3 is 0 Å². The number of rotatable bonds is 5. The normalized spacial score (nSPS) is 13.0. The molecule has 0 bridgehead atoms. The number of hydrogen-bond donors (Lipinski definition) is 0. The first kappa shape index (κ1) is 37.7. The molecule has 3 heterocycles. The molecule has 10 aromatic carbocycles. The first-order valence-corrected chi connectivity index (χ1v) is 23.2. The smallest absolute Gasteiger partial charge is 0.235 e. The van der Waals surface area contributed by atoms with Gasteiger partial charge in [-0.1, -0.05) is 178 Å². The van der Waals surface area contributed by atoms with Crippen molar-refractivity contribution in [1.82, 2.24) is 19.1 Å². The molecule has 1 aliphatic rings. The molecule has 0 atom stereocenters. The van der Waals surface area contributed by atoms with E-state index >= 15 is 0 Å². The quantitative estimate of drug-likeness (QED) is 0.173. The summed E-state index contributed by atoms with van der Waals surface area (Å²) in [5.74, 6) is 0.672. The van der Waals surface area contributed by atoms with Crippen LogP contribution >= 0.6 is 0 Å². The van der Waals surface area contributed by atoms with Crippen molar-refractivity contribution >= 4 is 65.3 Å². The number of nitrogens with zero attached hydrogens (tertiary/aromatic N) is 4. The number of aromatic nitrogens is 4. The van der Waals surface area contributed by atoms with Gasteiger partial charge in [0.15, 0.2) is 0 Å². The van der Waals surface area contributed by atoms with E-state index in [0.29, 0.717) is 5.95 Å². The maximum absolute atomic E-state index is 5.54. The lowest BCUT2D eigenvalue weighted by atomic mass is 9.69. The van der Waals surface area contributed by atoms with E-state index < -0.39 is 0 Å². The minimum Gasteiger partial charge on any atom is -0.309 e. The summed E-state index contributed by atoms with van der Waals surface area (Å²) < 4.78 is 4.72. The van der Waals surface area contributed by atoms with Crippen molar-refractivity contribution < 1.29 is 0 Å². The van der Waals surface area contributed by atoms with Gasteiger partial charge in [0.05, 0.1) is 39.0 Å². The van der Waals surface area contributed by atoms with E-state index in [1.54, 1.807) is 0 Å². The van der Waals surface area contributed by atoms with E-state index in [9.17, 15) is 0 Å². The number of fused-ring (bicyclic) bond motifs is 9. The fourth-order valence-electron chi connectivity index (χ4n) is 11.3. The molecule has 4 heteroatoms. The molecule has 314 valence electrons. The molecule has 1 aliphatic carbocycles. The van der Waals surface area contributed by atoms with Crippen LogP contribution in [0, 0.1) is 0 Å². The summed E-state index contributed by atoms with van der Waals surface area (Å²) in [4.78, 5) is 11.0. The second kappa shape index (κ2) is 14.2. The molecule has 4 nitrogen and oxygen atoms in total. The van der Waals surface area contributed by atoms with Crippen LogP contribution in [0.1, 0.15) is 25.0 Å². The zero-order valence-electron chi connectivity index (χ0n) is 37.1. The predicted octanol–water partition coefficient (Wildman–Crippen LogP) is 16.3. The summed E-state index contributed by atoms with van der Waals surface area (Å²) in [5, 5.41) is 8.38. The monoisotopic (exact) mass is 854 g/mol. The highest BCUT2D eigenvalue weighted by atomic mass is 15.2. The highest BCUT2D eigenvalue weighted by Crippen LogP contribution is 2.49. The maximum atomic E-state index is 5.54. The molecule has 0 saturated heterocycles. The molecule has 0 spiro atoms. The van der Waals surface area contributed by atoms with Crippen molar-refractivity contribution in [2.75, 3.05) is 0 Å². The molecule has 67 heavy (non-hydrogen) atoms. The van der Waals surface area contributed by atoms with Crippen LogP contribution in [0.5, 0.6) is 0 Å². The van der Waals surface area contributed by atoms with Gasteiger partial charge in [0.1, 0.15) is 0 Å². The predicted molar refractivity (Wildman–Crippen MR) is 280 cm³/mol. The lowest BCUT2D eigenvalue weighted by Gasteiger charge is -2.35. The molecule has 0 radical (unpaired) electrons. The number of benzene rings is 10. The van der Waals surface area contributed by atoms with Crippen LogP contribution in [-0.2, 0) is 5.41 Å². The first-order valence-electron chi connectivity index (χ1n) is 23.2. The standard InChI is InChI=1S/C63H42N4/c1-63(2)52-26-14-11-25-49(52)61-60-53(63)37-43(39-17-5-3-6-18-39)38-54(60)64-62(65-61)67-56-28-16-13-24-48(56)51-36-42(30-33-59(51)67)41-29-32-58-50(35-41)47-23-12-15-27-55(47)66(58)57-34-31-44(40-19-7-4-8-20-40)45-21-9-10-22-46(45)57/h3-38H,1-2H3. The third-order valence-corrected chi connectivity index (χ3v) is 14.5. The second-order valence-electron chi connectivity index (χ2n) is 18.5. The lowest BCUT2D eigenvalue weighted by molar-refractivity contribution is 0.644. The molecular formula is C63H42N4. The molecule has 14 rings (SSSR count). The Morgan fingerprint density at radius 1 is 0.343 bits per heavy atom. The van der Waals surface area contributed by atoms with Crippen molar-refractivity contribution in [1.29, 1.82) is 0 Å². The summed E-state index contributed by atoms with van der Waals surface area (Å²) in [7, 11) is 0. The second-order valence-corrected chi connectivity index (χ2v) is 18.5. The summed E-state index contributed by atoms with van der Waals surface area (Å²) >= 11 is 0. The van der Waals surface area contributed by atoms with Crippen molar-refractivity contribution in [3.8, 4) is 56.3 Å². The van der Waals surface area contributed by atoms with E-state index in [-0.39, 0.29) is 5.41 Å². The van der Waals surface area contributed by atoms with Crippen molar-refractivity contribution in [2.45, 2.75) is 19.3 Å². The van der Waals surface area contributed by atoms with Gasteiger partial charge in [-0.3, -0.25) is 4.57 Å². The highest BCUT2D eigenvalue weighted by molar-refractivity contribution is 6.14. The van der Waals surface area contributed by atoms with Crippen LogP contribution in [-0.4, -0.2) is 19.1 Å². The van der Waals surface area contributed by atoms with Crippen LogP contribution in [0.4, 0.5) is 0 Å². The molecule has 0 aliphatic heterocycles. The Hall–Kier alpha value is -8.60. The van der Waals surface area contributed by atoms with Crippen LogP contribution in [0.15, 0.2) is 218 Å². The highest BCUT2D eigenvalue weighted by Gasteiger charge is 2.35. The van der Waals surface area contributed by atoms with Gasteiger partial charge in [0, 0.05) is 43.3 Å². The molecule has 3 aromatic heterocycles. The van der Waals surface area contributed by atoms with E-state index in [1.807, 2.05) is 0 Å². The minimum atomic E-state index is -0.235. The van der Waals surface area contributed by atoms with Crippen LogP contribution in [0.3, 0.4) is 0 Å². The molecule has 0 fully saturated rings. The first-order chi connectivity index (χ1) is 33.0. The SMILES string of the molecule is CC1(C)c2ccccc2-c2nc(-n3c4ccccc4c4cc(-c5ccc6c(c5)c5ccccc5n6-c5ccc(-c6ccccc6)c6ccccc56)ccc43)nc3cc(-c4ccccc4)cc1c23. The Morgan fingerprint density at radius 3 is 1.60 bits per heavy atom. The summed E-state index contributed by atoms with van der Waals surface area (Å²) in [6, 6.07) is 79.5.